The van der Waals surface area contributed by atoms with Crippen molar-refractivity contribution in [1.29, 1.82) is 0 Å². The molecule has 0 bridgehead atoms. The van der Waals surface area contributed by atoms with Crippen molar-refractivity contribution in [3.63, 3.8) is 0 Å². The Kier molecular flexibility index (Phi) is 3.26. The summed E-state index contributed by atoms with van der Waals surface area (Å²) in [5.74, 6) is 1.13. The number of hydrogen-bond acceptors (Lipinski definition) is 3. The Labute approximate surface area is 105 Å². The summed E-state index contributed by atoms with van der Waals surface area (Å²) in [5, 5.41) is 0. The molecular weight excluding hydrogens is 231 g/mol. The van der Waals surface area contributed by atoms with Gasteiger partial charge in [0.05, 0.1) is 6.20 Å². The van der Waals surface area contributed by atoms with Crippen molar-refractivity contribution in [2.45, 2.75) is 44.9 Å². The van der Waals surface area contributed by atoms with Crippen molar-refractivity contribution in [1.82, 2.24) is 9.97 Å². The van der Waals surface area contributed by atoms with Gasteiger partial charge in [0, 0.05) is 12.5 Å². The van der Waals surface area contributed by atoms with Crippen LogP contribution in [0.4, 0.5) is 4.39 Å². The average Bonchev–Trinajstić information content (AvgIpc) is 2.79. The monoisotopic (exact) mass is 248 g/mol. The molecule has 0 unspecified atom stereocenters. The second-order valence-electron chi connectivity index (χ2n) is 5.13. The Hall–Kier alpha value is -1.45. The maximum Gasteiger partial charge on any atom is 0.247 e. The molecule has 0 spiro atoms. The fourth-order valence-corrected chi connectivity index (χ4v) is 2.75. The van der Waals surface area contributed by atoms with Crippen molar-refractivity contribution in [3.05, 3.63) is 24.0 Å². The molecule has 1 saturated carbocycles. The van der Waals surface area contributed by atoms with Crippen LogP contribution in [0.15, 0.2) is 16.7 Å². The van der Waals surface area contributed by atoms with E-state index in [-0.39, 0.29) is 5.82 Å². The Morgan fingerprint density at radius 2 is 2.11 bits per heavy atom. The van der Waals surface area contributed by atoms with Crippen molar-refractivity contribution in [2.75, 3.05) is 0 Å². The molecule has 3 nitrogen and oxygen atoms in total. The highest BCUT2D eigenvalue weighted by Crippen LogP contribution is 2.27. The zero-order valence-corrected chi connectivity index (χ0v) is 10.4. The summed E-state index contributed by atoms with van der Waals surface area (Å²) in [6, 6.07) is 1.37. The first-order valence-electron chi connectivity index (χ1n) is 6.72. The summed E-state index contributed by atoms with van der Waals surface area (Å²) >= 11 is 0. The van der Waals surface area contributed by atoms with E-state index in [0.717, 1.165) is 18.8 Å². The standard InChI is InChI=1S/C14H17FN2O/c15-11-8-12-14(16-9-11)18-13(17-12)7-6-10-4-2-1-3-5-10/h8-10H,1-7H2. The molecule has 0 atom stereocenters. The van der Waals surface area contributed by atoms with Gasteiger partial charge in [-0.3, -0.25) is 0 Å². The summed E-state index contributed by atoms with van der Waals surface area (Å²) in [6.45, 7) is 0. The molecule has 0 radical (unpaired) electrons. The van der Waals surface area contributed by atoms with Crippen LogP contribution in [0, 0.1) is 11.7 Å². The molecule has 0 saturated heterocycles. The number of aryl methyl sites for hydroxylation is 1. The summed E-state index contributed by atoms with van der Waals surface area (Å²) in [6.07, 6.45) is 9.86. The van der Waals surface area contributed by atoms with Gasteiger partial charge in [0.1, 0.15) is 11.3 Å². The van der Waals surface area contributed by atoms with Crippen LogP contribution in [0.25, 0.3) is 11.2 Å². The zero-order valence-electron chi connectivity index (χ0n) is 10.4. The number of halogens is 1. The van der Waals surface area contributed by atoms with E-state index >= 15 is 0 Å². The van der Waals surface area contributed by atoms with E-state index in [2.05, 4.69) is 9.97 Å². The van der Waals surface area contributed by atoms with Crippen molar-refractivity contribution < 1.29 is 8.81 Å². The van der Waals surface area contributed by atoms with Gasteiger partial charge in [-0.05, 0) is 12.3 Å². The minimum Gasteiger partial charge on any atom is -0.422 e. The van der Waals surface area contributed by atoms with Crippen LogP contribution < -0.4 is 0 Å². The van der Waals surface area contributed by atoms with E-state index in [1.54, 1.807) is 0 Å². The SMILES string of the molecule is Fc1cnc2oc(CCC3CCCCC3)nc2c1. The van der Waals surface area contributed by atoms with Gasteiger partial charge in [-0.25, -0.2) is 14.4 Å². The van der Waals surface area contributed by atoms with Crippen molar-refractivity contribution >= 4 is 11.2 Å². The van der Waals surface area contributed by atoms with Gasteiger partial charge in [-0.1, -0.05) is 32.1 Å². The molecule has 0 aliphatic heterocycles. The topological polar surface area (TPSA) is 38.9 Å². The Morgan fingerprint density at radius 1 is 1.28 bits per heavy atom. The first-order chi connectivity index (χ1) is 8.81. The van der Waals surface area contributed by atoms with Crippen LogP contribution in [0.3, 0.4) is 0 Å². The number of rotatable bonds is 3. The molecule has 4 heteroatoms. The Morgan fingerprint density at radius 3 is 2.94 bits per heavy atom. The molecule has 0 amide bonds. The molecule has 1 aliphatic rings. The predicted molar refractivity (Wildman–Crippen MR) is 66.7 cm³/mol. The summed E-state index contributed by atoms with van der Waals surface area (Å²) < 4.78 is 18.5. The molecular formula is C14H17FN2O. The molecule has 96 valence electrons. The van der Waals surface area contributed by atoms with E-state index < -0.39 is 0 Å². The van der Waals surface area contributed by atoms with Gasteiger partial charge in [0.25, 0.3) is 0 Å². The smallest absolute Gasteiger partial charge is 0.247 e. The summed E-state index contributed by atoms with van der Waals surface area (Å²) in [4.78, 5) is 8.18. The molecule has 18 heavy (non-hydrogen) atoms. The fraction of sp³-hybridized carbons (Fsp3) is 0.571. The molecule has 1 fully saturated rings. The molecule has 0 N–H and O–H groups in total. The van der Waals surface area contributed by atoms with Crippen LogP contribution in [0.2, 0.25) is 0 Å². The van der Waals surface area contributed by atoms with Crippen LogP contribution in [-0.2, 0) is 6.42 Å². The lowest BCUT2D eigenvalue weighted by atomic mass is 9.86. The maximum absolute atomic E-state index is 13.0. The molecule has 3 rings (SSSR count). The Balaban J connectivity index is 1.67. The van der Waals surface area contributed by atoms with Crippen LogP contribution in [0.5, 0.6) is 0 Å². The lowest BCUT2D eigenvalue weighted by molar-refractivity contribution is 0.329. The zero-order chi connectivity index (χ0) is 12.4. The van der Waals surface area contributed by atoms with Gasteiger partial charge in [-0.2, -0.15) is 0 Å². The molecule has 1 aliphatic carbocycles. The predicted octanol–water partition coefficient (Wildman–Crippen LogP) is 3.87. The molecule has 2 aromatic heterocycles. The normalized spacial score (nSPS) is 17.4. The number of aromatic nitrogens is 2. The highest BCUT2D eigenvalue weighted by Gasteiger charge is 2.15. The minimum absolute atomic E-state index is 0.366. The third-order valence-electron chi connectivity index (χ3n) is 3.75. The third kappa shape index (κ3) is 2.52. The summed E-state index contributed by atoms with van der Waals surface area (Å²) in [7, 11) is 0. The number of fused-ring (bicyclic) bond motifs is 1. The second kappa shape index (κ2) is 5.04. The molecule has 2 aromatic rings. The van der Waals surface area contributed by atoms with Crippen LogP contribution in [0.1, 0.15) is 44.4 Å². The van der Waals surface area contributed by atoms with E-state index in [1.165, 1.54) is 44.4 Å². The number of hydrogen-bond donors (Lipinski definition) is 0. The molecule has 2 heterocycles. The summed E-state index contributed by atoms with van der Waals surface area (Å²) in [5.41, 5.74) is 0.962. The van der Waals surface area contributed by atoms with Crippen molar-refractivity contribution in [2.24, 2.45) is 5.92 Å². The average molecular weight is 248 g/mol. The number of pyridine rings is 1. The van der Waals surface area contributed by atoms with Gasteiger partial charge < -0.3 is 4.42 Å². The minimum atomic E-state index is -0.366. The van der Waals surface area contributed by atoms with Gasteiger partial charge in [0.2, 0.25) is 5.71 Å². The fourth-order valence-electron chi connectivity index (χ4n) is 2.75. The highest BCUT2D eigenvalue weighted by molar-refractivity contribution is 5.67. The van der Waals surface area contributed by atoms with Crippen molar-refractivity contribution in [3.8, 4) is 0 Å². The van der Waals surface area contributed by atoms with Crippen LogP contribution >= 0.6 is 0 Å². The second-order valence-corrected chi connectivity index (χ2v) is 5.13. The Bertz CT molecular complexity index is 532. The van der Waals surface area contributed by atoms with E-state index in [9.17, 15) is 4.39 Å². The maximum atomic E-state index is 13.0. The van der Waals surface area contributed by atoms with Gasteiger partial charge >= 0.3 is 0 Å². The highest BCUT2D eigenvalue weighted by atomic mass is 19.1. The van der Waals surface area contributed by atoms with Gasteiger partial charge in [0.15, 0.2) is 5.89 Å². The van der Waals surface area contributed by atoms with Crippen LogP contribution in [-0.4, -0.2) is 9.97 Å². The third-order valence-corrected chi connectivity index (χ3v) is 3.75. The number of nitrogens with zero attached hydrogens (tertiary/aromatic N) is 2. The number of oxazole rings is 1. The quantitative estimate of drug-likeness (QED) is 0.827. The van der Waals surface area contributed by atoms with E-state index in [4.69, 9.17) is 4.42 Å². The van der Waals surface area contributed by atoms with E-state index in [0.29, 0.717) is 17.1 Å². The lowest BCUT2D eigenvalue weighted by Gasteiger charge is -2.20. The van der Waals surface area contributed by atoms with Gasteiger partial charge in [-0.15, -0.1) is 0 Å². The first kappa shape index (κ1) is 11.6. The largest absolute Gasteiger partial charge is 0.422 e. The molecule has 0 aromatic carbocycles. The van der Waals surface area contributed by atoms with E-state index in [1.807, 2.05) is 0 Å². The first-order valence-corrected chi connectivity index (χ1v) is 6.72. The lowest BCUT2D eigenvalue weighted by Crippen LogP contribution is -2.07.